The molecule has 1 atom stereocenters. The Labute approximate surface area is 99.5 Å². The molecule has 0 radical (unpaired) electrons. The lowest BCUT2D eigenvalue weighted by atomic mass is 10.1. The van der Waals surface area contributed by atoms with Crippen molar-refractivity contribution in [2.24, 2.45) is 0 Å². The summed E-state index contributed by atoms with van der Waals surface area (Å²) in [6, 6.07) is 7.83. The molecular formula is C13H15FN2O. The SMILES string of the molecule is Cc1cc(C)n(CC(O)c2ccc(F)cc2)n1. The molecule has 3 nitrogen and oxygen atoms in total. The van der Waals surface area contributed by atoms with E-state index in [-0.39, 0.29) is 5.82 Å². The van der Waals surface area contributed by atoms with Gasteiger partial charge in [-0.15, -0.1) is 0 Å². The molecule has 0 bridgehead atoms. The van der Waals surface area contributed by atoms with Gasteiger partial charge >= 0.3 is 0 Å². The largest absolute Gasteiger partial charge is 0.386 e. The summed E-state index contributed by atoms with van der Waals surface area (Å²) in [5, 5.41) is 14.3. The summed E-state index contributed by atoms with van der Waals surface area (Å²) in [5.41, 5.74) is 2.62. The fourth-order valence-corrected chi connectivity index (χ4v) is 1.81. The van der Waals surface area contributed by atoms with Gasteiger partial charge in [0.1, 0.15) is 5.82 Å². The van der Waals surface area contributed by atoms with Crippen LogP contribution in [0.25, 0.3) is 0 Å². The van der Waals surface area contributed by atoms with Gasteiger partial charge in [-0.3, -0.25) is 4.68 Å². The molecule has 90 valence electrons. The zero-order valence-corrected chi connectivity index (χ0v) is 9.89. The highest BCUT2D eigenvalue weighted by Crippen LogP contribution is 2.16. The second-order valence-electron chi connectivity index (χ2n) is 4.18. The molecule has 2 rings (SSSR count). The fourth-order valence-electron chi connectivity index (χ4n) is 1.81. The van der Waals surface area contributed by atoms with E-state index < -0.39 is 6.10 Å². The third-order valence-corrected chi connectivity index (χ3v) is 2.70. The van der Waals surface area contributed by atoms with E-state index in [4.69, 9.17) is 0 Å². The maximum atomic E-state index is 12.7. The van der Waals surface area contributed by atoms with Crippen LogP contribution in [0.2, 0.25) is 0 Å². The highest BCUT2D eigenvalue weighted by atomic mass is 19.1. The van der Waals surface area contributed by atoms with E-state index >= 15 is 0 Å². The standard InChI is InChI=1S/C13H15FN2O/c1-9-7-10(2)16(15-9)8-13(17)11-3-5-12(14)6-4-11/h3-7,13,17H,8H2,1-2H3. The predicted octanol–water partition coefficient (Wildman–Crippen LogP) is 2.37. The van der Waals surface area contributed by atoms with Gasteiger partial charge in [-0.05, 0) is 37.6 Å². The van der Waals surface area contributed by atoms with E-state index in [2.05, 4.69) is 5.10 Å². The first-order valence-electron chi connectivity index (χ1n) is 5.51. The summed E-state index contributed by atoms with van der Waals surface area (Å²) in [5.74, 6) is -0.299. The van der Waals surface area contributed by atoms with Crippen molar-refractivity contribution in [1.82, 2.24) is 9.78 Å². The molecule has 0 aliphatic carbocycles. The van der Waals surface area contributed by atoms with Gasteiger partial charge in [0, 0.05) is 5.69 Å². The van der Waals surface area contributed by atoms with Crippen LogP contribution in [0.1, 0.15) is 23.1 Å². The molecule has 1 N–H and O–H groups in total. The first-order valence-corrected chi connectivity index (χ1v) is 5.51. The second-order valence-corrected chi connectivity index (χ2v) is 4.18. The van der Waals surface area contributed by atoms with Crippen molar-refractivity contribution in [3.05, 3.63) is 53.1 Å². The van der Waals surface area contributed by atoms with Gasteiger partial charge in [0.2, 0.25) is 0 Å². The quantitative estimate of drug-likeness (QED) is 0.885. The number of rotatable bonds is 3. The van der Waals surface area contributed by atoms with Crippen molar-refractivity contribution in [3.8, 4) is 0 Å². The molecule has 0 aliphatic rings. The van der Waals surface area contributed by atoms with E-state index in [1.807, 2.05) is 19.9 Å². The predicted molar refractivity (Wildman–Crippen MR) is 63.1 cm³/mol. The first-order chi connectivity index (χ1) is 8.06. The minimum Gasteiger partial charge on any atom is -0.386 e. The van der Waals surface area contributed by atoms with Crippen LogP contribution < -0.4 is 0 Å². The van der Waals surface area contributed by atoms with Gasteiger partial charge < -0.3 is 5.11 Å². The van der Waals surface area contributed by atoms with Crippen molar-refractivity contribution in [2.45, 2.75) is 26.5 Å². The topological polar surface area (TPSA) is 38.0 Å². The number of aliphatic hydroxyl groups excluding tert-OH is 1. The molecule has 1 heterocycles. The summed E-state index contributed by atoms with van der Waals surface area (Å²) < 4.78 is 14.5. The first kappa shape index (κ1) is 11.8. The van der Waals surface area contributed by atoms with Crippen LogP contribution in [0.5, 0.6) is 0 Å². The third kappa shape index (κ3) is 2.71. The Hall–Kier alpha value is -1.68. The Morgan fingerprint density at radius 3 is 2.47 bits per heavy atom. The lowest BCUT2D eigenvalue weighted by Gasteiger charge is -2.12. The van der Waals surface area contributed by atoms with Gasteiger partial charge in [-0.25, -0.2) is 4.39 Å². The van der Waals surface area contributed by atoms with Crippen LogP contribution in [0, 0.1) is 19.7 Å². The molecule has 4 heteroatoms. The Morgan fingerprint density at radius 1 is 1.29 bits per heavy atom. The molecule has 1 aromatic carbocycles. The van der Waals surface area contributed by atoms with Crippen LogP contribution in [0.15, 0.2) is 30.3 Å². The molecule has 0 spiro atoms. The lowest BCUT2D eigenvalue weighted by molar-refractivity contribution is 0.150. The summed E-state index contributed by atoms with van der Waals surface area (Å²) >= 11 is 0. The average Bonchev–Trinajstić information content (AvgIpc) is 2.58. The number of benzene rings is 1. The Morgan fingerprint density at radius 2 is 1.94 bits per heavy atom. The summed E-state index contributed by atoms with van der Waals surface area (Å²) in [4.78, 5) is 0. The molecule has 17 heavy (non-hydrogen) atoms. The number of hydrogen-bond acceptors (Lipinski definition) is 2. The molecule has 2 aromatic rings. The average molecular weight is 234 g/mol. The number of halogens is 1. The minimum atomic E-state index is -0.673. The highest BCUT2D eigenvalue weighted by Gasteiger charge is 2.10. The number of aromatic nitrogens is 2. The van der Waals surface area contributed by atoms with Crippen LogP contribution in [0.4, 0.5) is 4.39 Å². The summed E-state index contributed by atoms with van der Waals surface area (Å²) in [6.07, 6.45) is -0.673. The van der Waals surface area contributed by atoms with Gasteiger partial charge in [-0.1, -0.05) is 12.1 Å². The van der Waals surface area contributed by atoms with Gasteiger partial charge in [0.15, 0.2) is 0 Å². The Balaban J connectivity index is 2.13. The van der Waals surface area contributed by atoms with E-state index in [1.165, 1.54) is 12.1 Å². The molecular weight excluding hydrogens is 219 g/mol. The zero-order valence-electron chi connectivity index (χ0n) is 9.89. The highest BCUT2D eigenvalue weighted by molar-refractivity contribution is 5.18. The fraction of sp³-hybridized carbons (Fsp3) is 0.308. The van der Waals surface area contributed by atoms with Crippen molar-refractivity contribution in [2.75, 3.05) is 0 Å². The molecule has 0 amide bonds. The van der Waals surface area contributed by atoms with E-state index in [0.29, 0.717) is 12.1 Å². The van der Waals surface area contributed by atoms with E-state index in [0.717, 1.165) is 11.4 Å². The number of nitrogens with zero attached hydrogens (tertiary/aromatic N) is 2. The zero-order chi connectivity index (χ0) is 12.4. The summed E-state index contributed by atoms with van der Waals surface area (Å²) in [7, 11) is 0. The van der Waals surface area contributed by atoms with Gasteiger partial charge in [0.25, 0.3) is 0 Å². The van der Waals surface area contributed by atoms with Crippen LogP contribution in [-0.2, 0) is 6.54 Å². The van der Waals surface area contributed by atoms with Crippen LogP contribution in [0.3, 0.4) is 0 Å². The monoisotopic (exact) mass is 234 g/mol. The maximum absolute atomic E-state index is 12.7. The van der Waals surface area contributed by atoms with Crippen molar-refractivity contribution < 1.29 is 9.50 Å². The van der Waals surface area contributed by atoms with Crippen LogP contribution >= 0.6 is 0 Å². The van der Waals surface area contributed by atoms with Gasteiger partial charge in [-0.2, -0.15) is 5.10 Å². The molecule has 0 aliphatic heterocycles. The van der Waals surface area contributed by atoms with Gasteiger partial charge in [0.05, 0.1) is 18.3 Å². The maximum Gasteiger partial charge on any atom is 0.123 e. The minimum absolute atomic E-state index is 0.299. The third-order valence-electron chi connectivity index (χ3n) is 2.70. The molecule has 0 saturated carbocycles. The summed E-state index contributed by atoms with van der Waals surface area (Å²) in [6.45, 7) is 4.23. The number of aliphatic hydroxyl groups is 1. The Kier molecular flexibility index (Phi) is 3.24. The number of aryl methyl sites for hydroxylation is 2. The lowest BCUT2D eigenvalue weighted by Crippen LogP contribution is -2.11. The van der Waals surface area contributed by atoms with Crippen molar-refractivity contribution in [3.63, 3.8) is 0 Å². The van der Waals surface area contributed by atoms with E-state index in [9.17, 15) is 9.50 Å². The molecule has 1 aromatic heterocycles. The molecule has 0 saturated heterocycles. The molecule has 0 fully saturated rings. The smallest absolute Gasteiger partial charge is 0.123 e. The Bertz CT molecular complexity index is 505. The van der Waals surface area contributed by atoms with Crippen molar-refractivity contribution >= 4 is 0 Å². The van der Waals surface area contributed by atoms with Crippen LogP contribution in [-0.4, -0.2) is 14.9 Å². The second kappa shape index (κ2) is 4.67. The normalized spacial score (nSPS) is 12.7. The number of hydrogen-bond donors (Lipinski definition) is 1. The van der Waals surface area contributed by atoms with E-state index in [1.54, 1.807) is 16.8 Å². The van der Waals surface area contributed by atoms with Crippen molar-refractivity contribution in [1.29, 1.82) is 0 Å². The molecule has 1 unspecified atom stereocenters.